The summed E-state index contributed by atoms with van der Waals surface area (Å²) in [6.45, 7) is 4.33. The first-order valence-electron chi connectivity index (χ1n) is 5.55. The average molecular weight is 279 g/mol. The molecule has 0 saturated heterocycles. The fraction of sp³-hybridized carbons (Fsp3) is 0.250. The van der Waals surface area contributed by atoms with E-state index in [0.717, 1.165) is 0 Å². The fourth-order valence-electron chi connectivity index (χ4n) is 1.32. The van der Waals surface area contributed by atoms with Crippen LogP contribution in [0.1, 0.15) is 0 Å². The molecule has 0 aliphatic rings. The van der Waals surface area contributed by atoms with Crippen LogP contribution in [0.5, 0.6) is 5.88 Å². The molecule has 0 radical (unpaired) electrons. The van der Waals surface area contributed by atoms with Gasteiger partial charge in [0.2, 0.25) is 11.8 Å². The van der Waals surface area contributed by atoms with Gasteiger partial charge >= 0.3 is 0 Å². The summed E-state index contributed by atoms with van der Waals surface area (Å²) in [7, 11) is 1.61. The second-order valence-corrected chi connectivity index (χ2v) is 4.50. The van der Waals surface area contributed by atoms with Gasteiger partial charge < -0.3 is 9.47 Å². The summed E-state index contributed by atoms with van der Waals surface area (Å²) in [5.41, 5.74) is 0.712. The normalized spacial score (nSPS) is 10.4. The fourth-order valence-corrected chi connectivity index (χ4v) is 2.15. The van der Waals surface area contributed by atoms with Crippen molar-refractivity contribution in [1.82, 2.24) is 9.97 Å². The Bertz CT molecular complexity index is 597. The third-order valence-electron chi connectivity index (χ3n) is 2.18. The number of nitrogens with one attached hydrogen (secondary N) is 1. The Hall–Kier alpha value is -1.99. The van der Waals surface area contributed by atoms with Crippen molar-refractivity contribution in [3.05, 3.63) is 24.8 Å². The summed E-state index contributed by atoms with van der Waals surface area (Å²) in [5.74, 6) is 0.213. The number of pyridine rings is 1. The first kappa shape index (κ1) is 13.4. The van der Waals surface area contributed by atoms with E-state index in [1.165, 1.54) is 17.4 Å². The van der Waals surface area contributed by atoms with Crippen LogP contribution in [0, 0.1) is 0 Å². The summed E-state index contributed by atoms with van der Waals surface area (Å²) in [4.78, 5) is 20.4. The zero-order valence-electron chi connectivity index (χ0n) is 10.4. The van der Waals surface area contributed by atoms with Gasteiger partial charge in [0.15, 0.2) is 5.13 Å². The Kier molecular flexibility index (Phi) is 4.43. The van der Waals surface area contributed by atoms with Crippen LogP contribution < -0.4 is 10.1 Å². The molecule has 2 heterocycles. The lowest BCUT2D eigenvalue weighted by atomic mass is 10.4. The molecule has 0 fully saturated rings. The number of aromatic nitrogens is 2. The summed E-state index contributed by atoms with van der Waals surface area (Å²) in [6, 6.07) is 3.53. The maximum absolute atomic E-state index is 11.2. The third-order valence-corrected chi connectivity index (χ3v) is 3.06. The maximum Gasteiger partial charge on any atom is 0.249 e. The van der Waals surface area contributed by atoms with E-state index in [2.05, 4.69) is 21.9 Å². The lowest BCUT2D eigenvalue weighted by Gasteiger charge is -2.03. The molecule has 19 heavy (non-hydrogen) atoms. The second-order valence-electron chi connectivity index (χ2n) is 3.53. The SMILES string of the molecule is C=CC(=O)Nc1nc2ccc(OCCOC)nc2s1. The van der Waals surface area contributed by atoms with Crippen molar-refractivity contribution in [3.8, 4) is 5.88 Å². The number of hydrogen-bond acceptors (Lipinski definition) is 6. The molecular weight excluding hydrogens is 266 g/mol. The molecule has 0 bridgehead atoms. The molecule has 2 aromatic heterocycles. The number of carbonyl (C=O) groups is 1. The minimum absolute atomic E-state index is 0.296. The van der Waals surface area contributed by atoms with Gasteiger partial charge in [-0.2, -0.15) is 0 Å². The number of hydrogen-bond donors (Lipinski definition) is 1. The van der Waals surface area contributed by atoms with E-state index < -0.39 is 0 Å². The van der Waals surface area contributed by atoms with Crippen molar-refractivity contribution in [2.24, 2.45) is 0 Å². The number of fused-ring (bicyclic) bond motifs is 1. The van der Waals surface area contributed by atoms with Crippen molar-refractivity contribution in [2.75, 3.05) is 25.6 Å². The molecule has 100 valence electrons. The number of thiazole rings is 1. The van der Waals surface area contributed by atoms with Gasteiger partial charge in [-0.1, -0.05) is 17.9 Å². The van der Waals surface area contributed by atoms with E-state index in [-0.39, 0.29) is 5.91 Å². The first-order valence-corrected chi connectivity index (χ1v) is 6.37. The minimum Gasteiger partial charge on any atom is -0.475 e. The Morgan fingerprint density at radius 1 is 1.47 bits per heavy atom. The minimum atomic E-state index is -0.296. The molecular formula is C12H13N3O3S. The number of carbonyl (C=O) groups excluding carboxylic acids is 1. The van der Waals surface area contributed by atoms with Gasteiger partial charge in [-0.05, 0) is 12.1 Å². The number of nitrogens with zero attached hydrogens (tertiary/aromatic N) is 2. The molecule has 1 amide bonds. The highest BCUT2D eigenvalue weighted by Crippen LogP contribution is 2.26. The quantitative estimate of drug-likeness (QED) is 0.645. The number of amides is 1. The highest BCUT2D eigenvalue weighted by Gasteiger charge is 2.08. The number of ether oxygens (including phenoxy) is 2. The van der Waals surface area contributed by atoms with Gasteiger partial charge in [0.05, 0.1) is 6.61 Å². The molecule has 0 aliphatic carbocycles. The van der Waals surface area contributed by atoms with Gasteiger partial charge in [-0.3, -0.25) is 10.1 Å². The molecule has 0 unspecified atom stereocenters. The lowest BCUT2D eigenvalue weighted by molar-refractivity contribution is -0.111. The van der Waals surface area contributed by atoms with E-state index in [1.54, 1.807) is 19.2 Å². The van der Waals surface area contributed by atoms with Crippen molar-refractivity contribution < 1.29 is 14.3 Å². The largest absolute Gasteiger partial charge is 0.475 e. The molecule has 0 spiro atoms. The summed E-state index contributed by atoms with van der Waals surface area (Å²) >= 11 is 1.28. The second kappa shape index (κ2) is 6.26. The molecule has 2 rings (SSSR count). The molecule has 2 aromatic rings. The third kappa shape index (κ3) is 3.49. The van der Waals surface area contributed by atoms with Gasteiger partial charge in [0.1, 0.15) is 17.0 Å². The van der Waals surface area contributed by atoms with Crippen molar-refractivity contribution in [3.63, 3.8) is 0 Å². The van der Waals surface area contributed by atoms with Crippen LogP contribution in [-0.2, 0) is 9.53 Å². The van der Waals surface area contributed by atoms with Gasteiger partial charge in [0, 0.05) is 13.2 Å². The molecule has 1 N–H and O–H groups in total. The Morgan fingerprint density at radius 2 is 2.32 bits per heavy atom. The number of anilines is 1. The van der Waals surface area contributed by atoms with Crippen molar-refractivity contribution in [1.29, 1.82) is 0 Å². The molecule has 6 nitrogen and oxygen atoms in total. The van der Waals surface area contributed by atoms with Crippen LogP contribution in [0.25, 0.3) is 10.3 Å². The topological polar surface area (TPSA) is 73.3 Å². The highest BCUT2D eigenvalue weighted by atomic mass is 32.1. The molecule has 7 heteroatoms. The standard InChI is InChI=1S/C12H13N3O3S/c1-3-9(16)14-12-13-8-4-5-10(15-11(8)19-12)18-7-6-17-2/h3-5H,1,6-7H2,2H3,(H,13,14,16). The molecule has 0 aliphatic heterocycles. The Balaban J connectivity index is 2.13. The summed E-state index contributed by atoms with van der Waals surface area (Å²) in [5, 5.41) is 3.09. The zero-order valence-corrected chi connectivity index (χ0v) is 11.2. The number of methoxy groups -OCH3 is 1. The highest BCUT2D eigenvalue weighted by molar-refractivity contribution is 7.22. The Labute approximate surface area is 114 Å². The lowest BCUT2D eigenvalue weighted by Crippen LogP contribution is -2.06. The monoisotopic (exact) mass is 279 g/mol. The maximum atomic E-state index is 11.2. The van der Waals surface area contributed by atoms with E-state index in [0.29, 0.717) is 34.6 Å². The molecule has 0 saturated carbocycles. The summed E-state index contributed by atoms with van der Waals surface area (Å²) in [6.07, 6.45) is 1.19. The van der Waals surface area contributed by atoms with Gasteiger partial charge in [-0.25, -0.2) is 9.97 Å². The average Bonchev–Trinajstić information content (AvgIpc) is 2.80. The van der Waals surface area contributed by atoms with Gasteiger partial charge in [-0.15, -0.1) is 0 Å². The van der Waals surface area contributed by atoms with Crippen LogP contribution in [-0.4, -0.2) is 36.2 Å². The Morgan fingerprint density at radius 3 is 3.05 bits per heavy atom. The summed E-state index contributed by atoms with van der Waals surface area (Å²) < 4.78 is 10.3. The van der Waals surface area contributed by atoms with Gasteiger partial charge in [0.25, 0.3) is 0 Å². The van der Waals surface area contributed by atoms with Crippen LogP contribution >= 0.6 is 11.3 Å². The van der Waals surface area contributed by atoms with Crippen molar-refractivity contribution >= 4 is 32.7 Å². The predicted molar refractivity (Wildman–Crippen MR) is 73.6 cm³/mol. The zero-order chi connectivity index (χ0) is 13.7. The number of rotatable bonds is 6. The smallest absolute Gasteiger partial charge is 0.249 e. The molecule has 0 aromatic carbocycles. The van der Waals surface area contributed by atoms with Crippen LogP contribution in [0.3, 0.4) is 0 Å². The first-order chi connectivity index (χ1) is 9.22. The van der Waals surface area contributed by atoms with Crippen LogP contribution in [0.2, 0.25) is 0 Å². The van der Waals surface area contributed by atoms with E-state index in [4.69, 9.17) is 9.47 Å². The predicted octanol–water partition coefficient (Wildman–Crippen LogP) is 1.84. The van der Waals surface area contributed by atoms with Crippen LogP contribution in [0.4, 0.5) is 5.13 Å². The van der Waals surface area contributed by atoms with E-state index in [1.807, 2.05) is 0 Å². The molecule has 0 atom stereocenters. The van der Waals surface area contributed by atoms with E-state index >= 15 is 0 Å². The van der Waals surface area contributed by atoms with E-state index in [9.17, 15) is 4.79 Å². The van der Waals surface area contributed by atoms with Crippen LogP contribution in [0.15, 0.2) is 24.8 Å². The van der Waals surface area contributed by atoms with Crippen molar-refractivity contribution in [2.45, 2.75) is 0 Å².